The van der Waals surface area contributed by atoms with Gasteiger partial charge in [-0.05, 0) is 50.9 Å². The monoisotopic (exact) mass is 468 g/mol. The normalized spacial score (nSPS) is 15.0. The molecule has 2 heteroatoms. The average Bonchev–Trinajstić information content (AvgIpc) is 3.65. The summed E-state index contributed by atoms with van der Waals surface area (Å²) in [7, 11) is 0. The number of hydrogen-bond donors (Lipinski definition) is 0. The number of furan rings is 2. The maximum atomic E-state index is 9.10. The van der Waals surface area contributed by atoms with Crippen LogP contribution in [0.1, 0.15) is 11.0 Å². The zero-order valence-electron chi connectivity index (χ0n) is 26.7. The lowest BCUT2D eigenvalue weighted by Crippen LogP contribution is -1.90. The molecule has 0 aliphatic heterocycles. The van der Waals surface area contributed by atoms with Gasteiger partial charge < -0.3 is 8.83 Å². The van der Waals surface area contributed by atoms with Crippen molar-refractivity contribution in [2.45, 2.75) is 0 Å². The van der Waals surface area contributed by atoms with E-state index in [1.165, 1.54) is 6.26 Å². The minimum absolute atomic E-state index is 0.139. The molecular formula is C34H20O2. The van der Waals surface area contributed by atoms with Crippen LogP contribution in [-0.2, 0) is 0 Å². The summed E-state index contributed by atoms with van der Waals surface area (Å²) in [5, 5.41) is 2.93. The van der Waals surface area contributed by atoms with Crippen LogP contribution in [0, 0.1) is 0 Å². The summed E-state index contributed by atoms with van der Waals surface area (Å²) in [5.74, 6) is 0. The van der Waals surface area contributed by atoms with Crippen molar-refractivity contribution in [3.8, 4) is 22.3 Å². The van der Waals surface area contributed by atoms with Crippen LogP contribution in [-0.4, -0.2) is 0 Å². The van der Waals surface area contributed by atoms with E-state index >= 15 is 0 Å². The van der Waals surface area contributed by atoms with Crippen LogP contribution in [0.2, 0.25) is 0 Å². The van der Waals surface area contributed by atoms with Crippen LogP contribution in [0.5, 0.6) is 0 Å². The summed E-state index contributed by atoms with van der Waals surface area (Å²) in [6, 6.07) is 17.2. The molecule has 0 atom stereocenters. The van der Waals surface area contributed by atoms with Crippen molar-refractivity contribution in [2.75, 3.05) is 0 Å². The molecule has 2 aromatic heterocycles. The van der Waals surface area contributed by atoms with Gasteiger partial charge in [0.15, 0.2) is 11.2 Å². The molecule has 0 amide bonds. The van der Waals surface area contributed by atoms with Crippen molar-refractivity contribution in [3.63, 3.8) is 0 Å². The van der Waals surface area contributed by atoms with Gasteiger partial charge in [-0.2, -0.15) is 0 Å². The van der Waals surface area contributed by atoms with E-state index in [2.05, 4.69) is 0 Å². The molecule has 8 aromatic rings. The number of benzene rings is 6. The van der Waals surface area contributed by atoms with E-state index < -0.39 is 24.2 Å². The first-order chi connectivity index (χ1) is 21.2. The molecule has 0 saturated carbocycles. The number of para-hydroxylation sites is 1. The standard InChI is InChI=1S/C34H20O2/c1-2-10-21(11-3-1)31-23-13-4-6-15-25(23)32(26-16-7-5-14-24(26)31)29-20-35-33-28(29)19-18-27-22-12-8-9-17-30(22)36-34(27)33/h1-20H/i4D,5D,6D,7D,13D,14D,15D,16D. The second-order valence-electron chi connectivity index (χ2n) is 8.68. The molecular weight excluding hydrogens is 440 g/mol. The highest BCUT2D eigenvalue weighted by atomic mass is 16.4. The smallest absolute Gasteiger partial charge is 0.178 e. The van der Waals surface area contributed by atoms with Crippen molar-refractivity contribution in [1.82, 2.24) is 0 Å². The van der Waals surface area contributed by atoms with Gasteiger partial charge in [0.05, 0.1) is 17.2 Å². The summed E-state index contributed by atoms with van der Waals surface area (Å²) in [4.78, 5) is 0. The van der Waals surface area contributed by atoms with Gasteiger partial charge in [0.1, 0.15) is 5.58 Å². The second kappa shape index (κ2) is 7.34. The van der Waals surface area contributed by atoms with Crippen LogP contribution in [0.4, 0.5) is 0 Å². The second-order valence-corrected chi connectivity index (χ2v) is 8.68. The highest BCUT2D eigenvalue weighted by Gasteiger charge is 2.21. The Labute approximate surface area is 218 Å². The molecule has 0 aliphatic rings. The van der Waals surface area contributed by atoms with Crippen LogP contribution in [0.25, 0.3) is 76.7 Å². The summed E-state index contributed by atoms with van der Waals surface area (Å²) in [6.45, 7) is 0. The Balaban J connectivity index is 1.66. The van der Waals surface area contributed by atoms with E-state index in [1.54, 1.807) is 24.3 Å². The summed E-state index contributed by atoms with van der Waals surface area (Å²) >= 11 is 0. The highest BCUT2D eigenvalue weighted by molar-refractivity contribution is 6.24. The van der Waals surface area contributed by atoms with Crippen molar-refractivity contribution in [3.05, 3.63) is 121 Å². The Bertz CT molecular complexity index is 2450. The lowest BCUT2D eigenvalue weighted by atomic mass is 9.86. The first-order valence-corrected chi connectivity index (χ1v) is 11.5. The molecule has 8 rings (SSSR count). The Morgan fingerprint density at radius 1 is 0.500 bits per heavy atom. The van der Waals surface area contributed by atoms with Crippen LogP contribution in [0.3, 0.4) is 0 Å². The third-order valence-corrected chi connectivity index (χ3v) is 6.79. The van der Waals surface area contributed by atoms with E-state index in [0.717, 1.165) is 10.8 Å². The summed E-state index contributed by atoms with van der Waals surface area (Å²) in [6.07, 6.45) is 1.47. The van der Waals surface area contributed by atoms with Gasteiger partial charge in [0.25, 0.3) is 0 Å². The van der Waals surface area contributed by atoms with E-state index in [9.17, 15) is 0 Å². The zero-order valence-corrected chi connectivity index (χ0v) is 18.7. The predicted molar refractivity (Wildman–Crippen MR) is 149 cm³/mol. The van der Waals surface area contributed by atoms with E-state index in [0.29, 0.717) is 38.8 Å². The maximum Gasteiger partial charge on any atom is 0.178 e. The van der Waals surface area contributed by atoms with Crippen molar-refractivity contribution >= 4 is 54.5 Å². The number of fused-ring (bicyclic) bond motifs is 7. The fourth-order valence-electron chi connectivity index (χ4n) is 5.26. The Hall–Kier alpha value is -4.82. The number of rotatable bonds is 2. The predicted octanol–water partition coefficient (Wildman–Crippen LogP) is 9.97. The molecule has 0 spiro atoms. The van der Waals surface area contributed by atoms with E-state index in [1.807, 2.05) is 42.5 Å². The van der Waals surface area contributed by atoms with Gasteiger partial charge in [-0.25, -0.2) is 0 Å². The van der Waals surface area contributed by atoms with E-state index in [4.69, 9.17) is 19.8 Å². The van der Waals surface area contributed by atoms with E-state index in [-0.39, 0.29) is 51.3 Å². The number of hydrogen-bond acceptors (Lipinski definition) is 2. The highest BCUT2D eigenvalue weighted by Crippen LogP contribution is 2.46. The average molecular weight is 469 g/mol. The fourth-order valence-corrected chi connectivity index (χ4v) is 5.26. The molecule has 6 aromatic carbocycles. The lowest BCUT2D eigenvalue weighted by Gasteiger charge is -2.17. The molecule has 0 aliphatic carbocycles. The van der Waals surface area contributed by atoms with Crippen molar-refractivity contribution < 1.29 is 19.8 Å². The molecule has 0 saturated heterocycles. The van der Waals surface area contributed by atoms with Gasteiger partial charge >= 0.3 is 0 Å². The molecule has 2 heterocycles. The molecule has 0 radical (unpaired) electrons. The first kappa shape index (κ1) is 13.3. The zero-order chi connectivity index (χ0) is 30.6. The van der Waals surface area contributed by atoms with Crippen molar-refractivity contribution in [1.29, 1.82) is 0 Å². The molecule has 2 nitrogen and oxygen atoms in total. The lowest BCUT2D eigenvalue weighted by molar-refractivity contribution is 0.601. The quantitative estimate of drug-likeness (QED) is 0.236. The van der Waals surface area contributed by atoms with Crippen LogP contribution in [0.15, 0.2) is 130 Å². The van der Waals surface area contributed by atoms with Crippen LogP contribution < -0.4 is 0 Å². The SMILES string of the molecule is [2H]c1c([2H])c([2H])c2c(-c3coc4c3ccc3c5ccccc5oc34)c3c([2H])c([2H])c([2H])c([2H])c3c(-c3ccccc3)c2c1[2H]. The van der Waals surface area contributed by atoms with Gasteiger partial charge in [-0.15, -0.1) is 0 Å². The molecule has 0 fully saturated rings. The summed E-state index contributed by atoms with van der Waals surface area (Å²) < 4.78 is 82.9. The molecule has 0 bridgehead atoms. The van der Waals surface area contributed by atoms with Gasteiger partial charge in [0.2, 0.25) is 0 Å². The minimum atomic E-state index is -0.449. The van der Waals surface area contributed by atoms with Crippen molar-refractivity contribution in [2.24, 2.45) is 0 Å². The third kappa shape index (κ3) is 2.61. The Morgan fingerprint density at radius 3 is 1.83 bits per heavy atom. The fraction of sp³-hybridized carbons (Fsp3) is 0. The largest absolute Gasteiger partial charge is 0.460 e. The van der Waals surface area contributed by atoms with Crippen LogP contribution >= 0.6 is 0 Å². The minimum Gasteiger partial charge on any atom is -0.460 e. The molecule has 0 unspecified atom stereocenters. The molecule has 168 valence electrons. The van der Waals surface area contributed by atoms with Gasteiger partial charge in [-0.3, -0.25) is 0 Å². The molecule has 36 heavy (non-hydrogen) atoms. The van der Waals surface area contributed by atoms with Gasteiger partial charge in [-0.1, -0.05) is 96.9 Å². The van der Waals surface area contributed by atoms with Gasteiger partial charge in [0, 0.05) is 27.3 Å². The Kier molecular flexibility index (Phi) is 2.71. The third-order valence-electron chi connectivity index (χ3n) is 6.79. The summed E-state index contributed by atoms with van der Waals surface area (Å²) in [5.41, 5.74) is 3.14. The maximum absolute atomic E-state index is 9.10. The topological polar surface area (TPSA) is 26.3 Å². The molecule has 0 N–H and O–H groups in total. The first-order valence-electron chi connectivity index (χ1n) is 15.5. The Morgan fingerprint density at radius 2 is 1.11 bits per heavy atom.